The van der Waals surface area contributed by atoms with Gasteiger partial charge in [-0.25, -0.2) is 0 Å². The number of thiophene rings is 4. The fourth-order valence-electron chi connectivity index (χ4n) is 7.59. The molecule has 348 valence electrons. The summed E-state index contributed by atoms with van der Waals surface area (Å²) < 4.78 is 0. The smallest absolute Gasteiger partial charge is 0.146 e. The van der Waals surface area contributed by atoms with Crippen LogP contribution in [0.3, 0.4) is 0 Å². The van der Waals surface area contributed by atoms with Gasteiger partial charge in [0.1, 0.15) is 13.7 Å². The molecule has 4 aromatic rings. The summed E-state index contributed by atoms with van der Waals surface area (Å²) in [5.74, 6) is 50.2. The van der Waals surface area contributed by atoms with Gasteiger partial charge in [0.15, 0.2) is 0 Å². The lowest BCUT2D eigenvalue weighted by Gasteiger charge is -2.38. The van der Waals surface area contributed by atoms with Crippen molar-refractivity contribution in [1.29, 1.82) is 0 Å². The van der Waals surface area contributed by atoms with Crippen LogP contribution in [0.15, 0.2) is 82.0 Å². The highest BCUT2D eigenvalue weighted by atomic mass is 32.1. The van der Waals surface area contributed by atoms with E-state index in [4.69, 9.17) is 0 Å². The normalized spacial score (nSPS) is 12.0. The zero-order valence-corrected chi connectivity index (χ0v) is 46.9. The summed E-state index contributed by atoms with van der Waals surface area (Å²) in [7, 11) is -1.78. The first-order valence-electron chi connectivity index (χ1n) is 23.8. The van der Waals surface area contributed by atoms with Crippen LogP contribution in [0.25, 0.3) is 0 Å². The highest BCUT2D eigenvalue weighted by molar-refractivity contribution is 7.14. The standard InChI is InChI=1S/C62H66OS4Si/c1-15-18-51(24-30-57-35-34-55(65-57)28-22-49(11)53(20-17-3)26-32-59-37-39-60(66-59)41-43-62(13,14)63)48(10)21-27-54-33-36-58(64-54)31-25-52(19-16-2)50(12)23-29-56-38-40-61(67-56)42-44-68(45(4)5,46(6)7)47(8)9/h33-40,45-47,63H,15-20H2,1-14H3/b51-48+,52-50+,53-49+. The van der Waals surface area contributed by atoms with Gasteiger partial charge < -0.3 is 5.11 Å². The van der Waals surface area contributed by atoms with Gasteiger partial charge in [-0.15, -0.1) is 50.9 Å². The Hall–Kier alpha value is -5.32. The van der Waals surface area contributed by atoms with Crippen LogP contribution in [0.4, 0.5) is 0 Å². The van der Waals surface area contributed by atoms with Crippen molar-refractivity contribution in [2.24, 2.45) is 0 Å². The van der Waals surface area contributed by atoms with Crippen molar-refractivity contribution < 1.29 is 5.11 Å². The van der Waals surface area contributed by atoms with Gasteiger partial charge in [-0.1, -0.05) is 170 Å². The fourth-order valence-corrected chi connectivity index (χ4v) is 15.8. The average Bonchev–Trinajstić information content (AvgIpc) is 4.13. The zero-order chi connectivity index (χ0) is 49.9. The highest BCUT2D eigenvalue weighted by Crippen LogP contribution is 2.41. The van der Waals surface area contributed by atoms with Gasteiger partial charge >= 0.3 is 0 Å². The largest absolute Gasteiger partial charge is 0.378 e. The summed E-state index contributed by atoms with van der Waals surface area (Å²) in [5, 5.41) is 9.92. The monoisotopic (exact) mass is 982 g/mol. The number of hydrogen-bond acceptors (Lipinski definition) is 5. The van der Waals surface area contributed by atoms with E-state index in [2.05, 4.69) is 195 Å². The van der Waals surface area contributed by atoms with Gasteiger partial charge in [-0.3, -0.25) is 0 Å². The SMILES string of the molecule is CCC/C(C#Cc1ccc(C#C/C(C)=C(/C#Cc2ccc(C#CC(C)(C)O)s2)CCC)s1)=C(/C)C#Cc1ccc(C#C/C(CCC)=C(\C)C#Cc2ccc(C#C[Si](C(C)C)(C(C)C)C(C)C)s2)s1. The second-order valence-electron chi connectivity index (χ2n) is 18.2. The van der Waals surface area contributed by atoms with Gasteiger partial charge in [0.05, 0.1) is 39.0 Å². The Kier molecular flexibility index (Phi) is 22.0. The molecule has 0 unspecified atom stereocenters. The summed E-state index contributed by atoms with van der Waals surface area (Å²) >= 11 is 6.44. The Balaban J connectivity index is 1.47. The maximum Gasteiger partial charge on any atom is 0.146 e. The van der Waals surface area contributed by atoms with Crippen LogP contribution in [0.1, 0.15) is 174 Å². The van der Waals surface area contributed by atoms with Crippen LogP contribution in [0, 0.1) is 94.4 Å². The van der Waals surface area contributed by atoms with Crippen LogP contribution in [0.5, 0.6) is 0 Å². The van der Waals surface area contributed by atoms with Crippen LogP contribution < -0.4 is 0 Å². The van der Waals surface area contributed by atoms with Gasteiger partial charge in [0, 0.05) is 33.4 Å². The Morgan fingerprint density at radius 3 is 0.941 bits per heavy atom. The van der Waals surface area contributed by atoms with E-state index in [0.717, 1.165) is 111 Å². The predicted molar refractivity (Wildman–Crippen MR) is 302 cm³/mol. The quantitative estimate of drug-likeness (QED) is 0.131. The lowest BCUT2D eigenvalue weighted by atomic mass is 10.1. The molecule has 0 saturated carbocycles. The number of hydrogen-bond donors (Lipinski definition) is 1. The average molecular weight is 984 g/mol. The number of rotatable bonds is 9. The maximum atomic E-state index is 9.92. The molecule has 0 aliphatic rings. The van der Waals surface area contributed by atoms with Crippen LogP contribution in [0.2, 0.25) is 16.6 Å². The first-order valence-corrected chi connectivity index (χ1v) is 29.3. The molecule has 0 atom stereocenters. The second kappa shape index (κ2) is 27.0. The summed E-state index contributed by atoms with van der Waals surface area (Å²) in [5.41, 5.74) is 10.8. The number of allylic oxidation sites excluding steroid dienone is 6. The van der Waals surface area contributed by atoms with Crippen molar-refractivity contribution >= 4 is 53.4 Å². The number of aliphatic hydroxyl groups is 1. The zero-order valence-electron chi connectivity index (χ0n) is 42.7. The third-order valence-electron chi connectivity index (χ3n) is 11.2. The third kappa shape index (κ3) is 17.3. The molecule has 1 nitrogen and oxygen atoms in total. The topological polar surface area (TPSA) is 20.2 Å². The van der Waals surface area contributed by atoms with Crippen molar-refractivity contribution in [1.82, 2.24) is 0 Å². The van der Waals surface area contributed by atoms with Gasteiger partial charge in [-0.2, -0.15) is 0 Å². The third-order valence-corrected chi connectivity index (χ3v) is 21.1. The Morgan fingerprint density at radius 1 is 0.441 bits per heavy atom. The van der Waals surface area contributed by atoms with E-state index < -0.39 is 13.7 Å². The molecule has 6 heteroatoms. The Labute approximate surface area is 428 Å². The van der Waals surface area contributed by atoms with E-state index in [0.29, 0.717) is 16.6 Å². The van der Waals surface area contributed by atoms with Gasteiger partial charge in [0.25, 0.3) is 0 Å². The molecule has 4 rings (SSSR count). The predicted octanol–water partition coefficient (Wildman–Crippen LogP) is 16.2. The molecule has 0 amide bonds. The molecule has 0 fully saturated rings. The Morgan fingerprint density at radius 2 is 0.691 bits per heavy atom. The van der Waals surface area contributed by atoms with Crippen molar-refractivity contribution in [3.63, 3.8) is 0 Å². The lowest BCUT2D eigenvalue weighted by molar-refractivity contribution is 0.143. The molecule has 0 aliphatic heterocycles. The summed E-state index contributed by atoms with van der Waals surface area (Å²) in [4.78, 5) is 7.87. The van der Waals surface area contributed by atoms with E-state index in [9.17, 15) is 5.11 Å². The highest BCUT2D eigenvalue weighted by Gasteiger charge is 2.41. The minimum Gasteiger partial charge on any atom is -0.378 e. The molecular weight excluding hydrogens is 917 g/mol. The molecule has 0 bridgehead atoms. The van der Waals surface area contributed by atoms with E-state index in [1.54, 1.807) is 47.9 Å². The first-order chi connectivity index (χ1) is 32.4. The van der Waals surface area contributed by atoms with Crippen LogP contribution >= 0.6 is 45.3 Å². The molecule has 0 saturated heterocycles. The molecule has 1 N–H and O–H groups in total. The molecule has 68 heavy (non-hydrogen) atoms. The molecule has 4 heterocycles. The lowest BCUT2D eigenvalue weighted by Crippen LogP contribution is -2.43. The van der Waals surface area contributed by atoms with Crippen molar-refractivity contribution in [3.8, 4) is 94.4 Å². The maximum absolute atomic E-state index is 9.92. The second-order valence-corrected chi connectivity index (χ2v) is 28.1. The van der Waals surface area contributed by atoms with Crippen LogP contribution in [-0.4, -0.2) is 18.8 Å². The van der Waals surface area contributed by atoms with E-state index in [1.165, 1.54) is 11.3 Å². The van der Waals surface area contributed by atoms with Crippen molar-refractivity contribution in [2.75, 3.05) is 0 Å². The molecule has 4 aromatic heterocycles. The van der Waals surface area contributed by atoms with Crippen LogP contribution in [-0.2, 0) is 0 Å². The van der Waals surface area contributed by atoms with Crippen molar-refractivity contribution in [2.45, 2.75) is 158 Å². The van der Waals surface area contributed by atoms with Gasteiger partial charge in [0.2, 0.25) is 0 Å². The molecule has 0 aromatic carbocycles. The fraction of sp³-hybridized carbons (Fsp3) is 0.387. The molecule has 0 radical (unpaired) electrons. The first kappa shape index (κ1) is 55.3. The molecule has 0 spiro atoms. The summed E-state index contributed by atoms with van der Waals surface area (Å²) in [6, 6.07) is 16.4. The summed E-state index contributed by atoms with van der Waals surface area (Å²) in [6.45, 7) is 30.2. The van der Waals surface area contributed by atoms with E-state index in [-0.39, 0.29) is 0 Å². The summed E-state index contributed by atoms with van der Waals surface area (Å²) in [6.07, 6.45) is 5.59. The van der Waals surface area contributed by atoms with E-state index >= 15 is 0 Å². The van der Waals surface area contributed by atoms with Crippen molar-refractivity contribution in [3.05, 3.63) is 121 Å². The van der Waals surface area contributed by atoms with E-state index in [1.807, 2.05) is 31.2 Å². The molecular formula is C62H66OS4Si. The molecule has 0 aliphatic carbocycles. The minimum atomic E-state index is -1.78. The Bertz CT molecular complexity index is 3020. The van der Waals surface area contributed by atoms with Gasteiger partial charge in [-0.05, 0) is 119 Å². The minimum absolute atomic E-state index is 0.610.